The molecule has 0 heterocycles. The number of carbonyl (C=O) groups excluding carboxylic acids is 1. The van der Waals surface area contributed by atoms with Crippen LogP contribution in [0.1, 0.15) is 25.0 Å². The molecule has 2 aromatic rings. The first-order chi connectivity index (χ1) is 13.8. The van der Waals surface area contributed by atoms with Gasteiger partial charge in [0.05, 0.1) is 0 Å². The van der Waals surface area contributed by atoms with Crippen molar-refractivity contribution in [3.8, 4) is 5.75 Å². The second-order valence-electron chi connectivity index (χ2n) is 7.75. The molecule has 2 rings (SSSR count). The van der Waals surface area contributed by atoms with Gasteiger partial charge in [-0.2, -0.15) is 0 Å². The Morgan fingerprint density at radius 3 is 2.40 bits per heavy atom. The number of rotatable bonds is 8. The predicted molar refractivity (Wildman–Crippen MR) is 134 cm³/mol. The maximum absolute atomic E-state index is 11.7. The second kappa shape index (κ2) is 12.4. The first kappa shape index (κ1) is 25.7. The van der Waals surface area contributed by atoms with E-state index in [2.05, 4.69) is 53.7 Å². The summed E-state index contributed by atoms with van der Waals surface area (Å²) in [6.07, 6.45) is 0. The molecule has 0 aliphatic heterocycles. The Morgan fingerprint density at radius 2 is 1.77 bits per heavy atom. The number of benzene rings is 2. The monoisotopic (exact) mass is 524 g/mol. The van der Waals surface area contributed by atoms with Crippen LogP contribution in [0.15, 0.2) is 59.6 Å². The third kappa shape index (κ3) is 8.22. The molecule has 2 aromatic carbocycles. The Morgan fingerprint density at radius 1 is 1.07 bits per heavy atom. The van der Waals surface area contributed by atoms with Crippen LogP contribution in [0.2, 0.25) is 0 Å². The van der Waals surface area contributed by atoms with Crippen molar-refractivity contribution < 1.29 is 9.53 Å². The molecule has 0 radical (unpaired) electrons. The Kier molecular flexibility index (Phi) is 10.7. The lowest BCUT2D eigenvalue weighted by molar-refractivity contribution is -0.130. The predicted octanol–water partition coefficient (Wildman–Crippen LogP) is 3.41. The normalized spacial score (nSPS) is 11.3. The van der Waals surface area contributed by atoms with Crippen LogP contribution in [0.3, 0.4) is 0 Å². The zero-order valence-corrected chi connectivity index (χ0v) is 20.8. The van der Waals surface area contributed by atoms with E-state index in [-0.39, 0.29) is 41.9 Å². The molecule has 7 heteroatoms. The van der Waals surface area contributed by atoms with Gasteiger partial charge in [-0.3, -0.25) is 9.79 Å². The molecule has 2 N–H and O–H groups in total. The zero-order chi connectivity index (χ0) is 21.3. The fourth-order valence-electron chi connectivity index (χ4n) is 2.72. The minimum absolute atomic E-state index is 0. The van der Waals surface area contributed by atoms with Crippen LogP contribution in [0.5, 0.6) is 5.75 Å². The molecule has 0 saturated carbocycles. The van der Waals surface area contributed by atoms with E-state index >= 15 is 0 Å². The summed E-state index contributed by atoms with van der Waals surface area (Å²) < 4.78 is 5.58. The van der Waals surface area contributed by atoms with Gasteiger partial charge in [-0.1, -0.05) is 56.3 Å². The second-order valence-corrected chi connectivity index (χ2v) is 7.75. The molecule has 0 saturated heterocycles. The van der Waals surface area contributed by atoms with Gasteiger partial charge in [0.15, 0.2) is 12.6 Å². The molecular formula is C23H33IN4O2. The fourth-order valence-corrected chi connectivity index (χ4v) is 2.72. The first-order valence-corrected chi connectivity index (χ1v) is 9.74. The highest BCUT2D eigenvalue weighted by Gasteiger charge is 2.20. The van der Waals surface area contributed by atoms with E-state index < -0.39 is 0 Å². The van der Waals surface area contributed by atoms with E-state index in [1.807, 2.05) is 30.3 Å². The molecule has 0 aromatic heterocycles. The van der Waals surface area contributed by atoms with Gasteiger partial charge in [-0.15, -0.1) is 24.0 Å². The van der Waals surface area contributed by atoms with E-state index in [0.717, 1.165) is 18.1 Å². The molecule has 6 nitrogen and oxygen atoms in total. The minimum atomic E-state index is -0.0702. The van der Waals surface area contributed by atoms with Crippen molar-refractivity contribution in [2.75, 3.05) is 34.3 Å². The van der Waals surface area contributed by atoms with Crippen molar-refractivity contribution in [2.45, 2.75) is 25.8 Å². The van der Waals surface area contributed by atoms with Crippen molar-refractivity contribution in [1.82, 2.24) is 15.5 Å². The van der Waals surface area contributed by atoms with Gasteiger partial charge < -0.3 is 20.3 Å². The number of nitrogens with one attached hydrogen (secondary N) is 2. The number of aliphatic imine (C=N–C) groups is 1. The molecule has 0 unspecified atom stereocenters. The maximum Gasteiger partial charge on any atom is 0.259 e. The summed E-state index contributed by atoms with van der Waals surface area (Å²) in [5, 5.41) is 6.73. The SMILES string of the molecule is CN=C(NCc1cccc(OCC(=O)N(C)C)c1)NCC(C)(C)c1ccccc1.I. The summed E-state index contributed by atoms with van der Waals surface area (Å²) in [6, 6.07) is 18.1. The molecular weight excluding hydrogens is 491 g/mol. The number of ether oxygens (including phenoxy) is 1. The number of halogens is 1. The van der Waals surface area contributed by atoms with E-state index in [9.17, 15) is 4.79 Å². The summed E-state index contributed by atoms with van der Waals surface area (Å²) in [5.74, 6) is 1.34. The molecule has 0 atom stereocenters. The third-order valence-electron chi connectivity index (χ3n) is 4.70. The number of carbonyl (C=O) groups is 1. The number of hydrogen-bond donors (Lipinski definition) is 2. The first-order valence-electron chi connectivity index (χ1n) is 9.74. The number of likely N-dealkylation sites (N-methyl/N-ethyl adjacent to an activating group) is 1. The van der Waals surface area contributed by atoms with Crippen molar-refractivity contribution in [2.24, 2.45) is 4.99 Å². The van der Waals surface area contributed by atoms with Gasteiger partial charge in [0, 0.05) is 39.6 Å². The lowest BCUT2D eigenvalue weighted by Crippen LogP contribution is -2.43. The largest absolute Gasteiger partial charge is 0.484 e. The van der Waals surface area contributed by atoms with E-state index in [0.29, 0.717) is 12.3 Å². The smallest absolute Gasteiger partial charge is 0.259 e. The lowest BCUT2D eigenvalue weighted by Gasteiger charge is -2.26. The van der Waals surface area contributed by atoms with Crippen molar-refractivity contribution in [1.29, 1.82) is 0 Å². The molecule has 1 amide bonds. The van der Waals surface area contributed by atoms with Crippen LogP contribution in [0.4, 0.5) is 0 Å². The van der Waals surface area contributed by atoms with Crippen molar-refractivity contribution >= 4 is 35.8 Å². The summed E-state index contributed by atoms with van der Waals surface area (Å²) in [6.45, 7) is 5.80. The number of hydrogen-bond acceptors (Lipinski definition) is 3. The maximum atomic E-state index is 11.7. The Hall–Kier alpha value is -2.29. The van der Waals surface area contributed by atoms with Crippen LogP contribution in [0, 0.1) is 0 Å². The average molecular weight is 524 g/mol. The Labute approximate surface area is 197 Å². The van der Waals surface area contributed by atoms with E-state index in [1.165, 1.54) is 10.5 Å². The fraction of sp³-hybridized carbons (Fsp3) is 0.391. The number of amides is 1. The van der Waals surface area contributed by atoms with Gasteiger partial charge >= 0.3 is 0 Å². The summed E-state index contributed by atoms with van der Waals surface area (Å²) >= 11 is 0. The highest BCUT2D eigenvalue weighted by atomic mass is 127. The van der Waals surface area contributed by atoms with Crippen molar-refractivity contribution in [3.63, 3.8) is 0 Å². The van der Waals surface area contributed by atoms with Gasteiger partial charge in [-0.05, 0) is 23.3 Å². The topological polar surface area (TPSA) is 66.0 Å². The Balaban J connectivity index is 0.00000450. The summed E-state index contributed by atoms with van der Waals surface area (Å²) in [5.41, 5.74) is 2.30. The van der Waals surface area contributed by atoms with Crippen LogP contribution in [0.25, 0.3) is 0 Å². The molecule has 0 aliphatic carbocycles. The van der Waals surface area contributed by atoms with Gasteiger partial charge in [0.25, 0.3) is 5.91 Å². The average Bonchev–Trinajstić information content (AvgIpc) is 2.73. The van der Waals surface area contributed by atoms with Gasteiger partial charge in [-0.25, -0.2) is 0 Å². The zero-order valence-electron chi connectivity index (χ0n) is 18.4. The van der Waals surface area contributed by atoms with Crippen LogP contribution < -0.4 is 15.4 Å². The van der Waals surface area contributed by atoms with Gasteiger partial charge in [0.2, 0.25) is 0 Å². The molecule has 0 aliphatic rings. The molecule has 30 heavy (non-hydrogen) atoms. The van der Waals surface area contributed by atoms with E-state index in [4.69, 9.17) is 4.74 Å². The molecule has 164 valence electrons. The highest BCUT2D eigenvalue weighted by Crippen LogP contribution is 2.21. The minimum Gasteiger partial charge on any atom is -0.484 e. The lowest BCUT2D eigenvalue weighted by atomic mass is 9.85. The van der Waals surface area contributed by atoms with Crippen LogP contribution >= 0.6 is 24.0 Å². The third-order valence-corrected chi connectivity index (χ3v) is 4.70. The molecule has 0 bridgehead atoms. The van der Waals surface area contributed by atoms with E-state index in [1.54, 1.807) is 21.1 Å². The standard InChI is InChI=1S/C23H32N4O2.HI/c1-23(2,19-11-7-6-8-12-19)17-26-22(24-3)25-15-18-10-9-13-20(14-18)29-16-21(28)27(4)5;/h6-14H,15-17H2,1-5H3,(H2,24,25,26);1H. The summed E-state index contributed by atoms with van der Waals surface area (Å²) in [4.78, 5) is 17.5. The molecule has 0 spiro atoms. The van der Waals surface area contributed by atoms with Crippen molar-refractivity contribution in [3.05, 3.63) is 65.7 Å². The van der Waals surface area contributed by atoms with Crippen LogP contribution in [-0.4, -0.2) is 51.1 Å². The molecule has 0 fully saturated rings. The quantitative estimate of drug-likeness (QED) is 0.316. The number of guanidine groups is 1. The highest BCUT2D eigenvalue weighted by molar-refractivity contribution is 14.0. The Bertz CT molecular complexity index is 823. The summed E-state index contributed by atoms with van der Waals surface area (Å²) in [7, 11) is 5.19. The van der Waals surface area contributed by atoms with Crippen LogP contribution in [-0.2, 0) is 16.8 Å². The number of nitrogens with zero attached hydrogens (tertiary/aromatic N) is 2. The van der Waals surface area contributed by atoms with Gasteiger partial charge in [0.1, 0.15) is 5.75 Å².